The van der Waals surface area contributed by atoms with Crippen molar-refractivity contribution in [3.63, 3.8) is 0 Å². The molecule has 0 spiro atoms. The van der Waals surface area contributed by atoms with Gasteiger partial charge in [-0.1, -0.05) is 24.3 Å². The van der Waals surface area contributed by atoms with Crippen molar-refractivity contribution in [2.45, 2.75) is 11.7 Å². The smallest absolute Gasteiger partial charge is 0.253 e. The molecule has 2 aromatic rings. The first-order chi connectivity index (χ1) is 12.4. The molecule has 0 bridgehead atoms. The predicted molar refractivity (Wildman–Crippen MR) is 94.6 cm³/mol. The molecule has 1 aliphatic heterocycles. The number of amides is 1. The summed E-state index contributed by atoms with van der Waals surface area (Å²) in [5.74, 6) is -1.11. The lowest BCUT2D eigenvalue weighted by atomic mass is 10.1. The second-order valence-corrected chi connectivity index (χ2v) is 8.45. The molecule has 1 heterocycles. The molecule has 5 nitrogen and oxygen atoms in total. The van der Waals surface area contributed by atoms with Gasteiger partial charge in [0.15, 0.2) is 9.84 Å². The number of hydrogen-bond donors (Lipinski definition) is 0. The SMILES string of the molecule is N#Cc1cccc(C(=O)N2CC[C@H](c3ccccc3F)S(=O)(=O)CC2)c1. The van der Waals surface area contributed by atoms with E-state index in [0.29, 0.717) is 11.1 Å². The van der Waals surface area contributed by atoms with Gasteiger partial charge < -0.3 is 4.90 Å². The summed E-state index contributed by atoms with van der Waals surface area (Å²) in [6.45, 7) is 0.247. The average molecular weight is 372 g/mol. The number of benzene rings is 2. The maximum absolute atomic E-state index is 14.1. The molecule has 1 amide bonds. The molecule has 0 unspecified atom stereocenters. The lowest BCUT2D eigenvalue weighted by Crippen LogP contribution is -2.33. The largest absolute Gasteiger partial charge is 0.338 e. The van der Waals surface area contributed by atoms with Crippen molar-refractivity contribution in [3.05, 3.63) is 71.0 Å². The van der Waals surface area contributed by atoms with Crippen LogP contribution in [0, 0.1) is 17.1 Å². The molecule has 1 aliphatic rings. The van der Waals surface area contributed by atoms with Gasteiger partial charge in [-0.05, 0) is 30.7 Å². The normalized spacial score (nSPS) is 19.4. The molecule has 0 N–H and O–H groups in total. The Morgan fingerprint density at radius 2 is 1.92 bits per heavy atom. The molecule has 0 radical (unpaired) electrons. The molecule has 7 heteroatoms. The fourth-order valence-electron chi connectivity index (χ4n) is 3.14. The van der Waals surface area contributed by atoms with Crippen LogP contribution < -0.4 is 0 Å². The van der Waals surface area contributed by atoms with E-state index in [1.165, 1.54) is 29.2 Å². The van der Waals surface area contributed by atoms with Gasteiger partial charge in [-0.15, -0.1) is 0 Å². The summed E-state index contributed by atoms with van der Waals surface area (Å²) in [6.07, 6.45) is 0.132. The molecular weight excluding hydrogens is 355 g/mol. The van der Waals surface area contributed by atoms with Gasteiger partial charge in [0, 0.05) is 24.2 Å². The minimum atomic E-state index is -3.58. The summed E-state index contributed by atoms with van der Waals surface area (Å²) < 4.78 is 39.3. The zero-order chi connectivity index (χ0) is 18.7. The third kappa shape index (κ3) is 3.60. The predicted octanol–water partition coefficient (Wildman–Crippen LogP) is 2.70. The number of halogens is 1. The number of sulfone groups is 1. The molecule has 1 saturated heterocycles. The highest BCUT2D eigenvalue weighted by molar-refractivity contribution is 7.91. The molecular formula is C19H17FN2O3S. The van der Waals surface area contributed by atoms with Gasteiger partial charge in [-0.25, -0.2) is 12.8 Å². The topological polar surface area (TPSA) is 78.2 Å². The van der Waals surface area contributed by atoms with E-state index in [1.807, 2.05) is 6.07 Å². The second kappa shape index (κ2) is 7.26. The van der Waals surface area contributed by atoms with Crippen LogP contribution in [-0.4, -0.2) is 38.1 Å². The summed E-state index contributed by atoms with van der Waals surface area (Å²) in [5, 5.41) is 8.00. The van der Waals surface area contributed by atoms with E-state index < -0.39 is 20.9 Å². The second-order valence-electron chi connectivity index (χ2n) is 6.15. The Bertz CT molecular complexity index is 982. The lowest BCUT2D eigenvalue weighted by molar-refractivity contribution is 0.0766. The Kier molecular flexibility index (Phi) is 5.05. The van der Waals surface area contributed by atoms with Crippen molar-refractivity contribution >= 4 is 15.7 Å². The quantitative estimate of drug-likeness (QED) is 0.812. The number of carbonyl (C=O) groups excluding carboxylic acids is 1. The summed E-state index contributed by atoms with van der Waals surface area (Å²) in [4.78, 5) is 14.1. The molecule has 0 saturated carbocycles. The Hall–Kier alpha value is -2.72. The maximum atomic E-state index is 14.1. The van der Waals surface area contributed by atoms with Crippen LogP contribution >= 0.6 is 0 Å². The Balaban J connectivity index is 1.86. The molecule has 1 fully saturated rings. The van der Waals surface area contributed by atoms with Crippen LogP contribution in [0.1, 0.15) is 33.2 Å². The van der Waals surface area contributed by atoms with E-state index >= 15 is 0 Å². The van der Waals surface area contributed by atoms with Gasteiger partial charge in [0.25, 0.3) is 5.91 Å². The minimum absolute atomic E-state index is 0.0445. The summed E-state index contributed by atoms with van der Waals surface area (Å²) in [7, 11) is -3.58. The molecule has 134 valence electrons. The number of rotatable bonds is 2. The third-order valence-electron chi connectivity index (χ3n) is 4.52. The van der Waals surface area contributed by atoms with Crippen LogP contribution in [0.4, 0.5) is 4.39 Å². The maximum Gasteiger partial charge on any atom is 0.253 e. The van der Waals surface area contributed by atoms with Crippen LogP contribution in [0.25, 0.3) is 0 Å². The highest BCUT2D eigenvalue weighted by Gasteiger charge is 2.34. The van der Waals surface area contributed by atoms with Crippen molar-refractivity contribution in [1.29, 1.82) is 5.26 Å². The van der Waals surface area contributed by atoms with E-state index in [4.69, 9.17) is 5.26 Å². The average Bonchev–Trinajstić information content (AvgIpc) is 2.80. The van der Waals surface area contributed by atoms with Gasteiger partial charge in [-0.2, -0.15) is 5.26 Å². The summed E-state index contributed by atoms with van der Waals surface area (Å²) in [6, 6.07) is 14.1. The van der Waals surface area contributed by atoms with Gasteiger partial charge in [0.05, 0.1) is 22.6 Å². The van der Waals surface area contributed by atoms with Gasteiger partial charge in [0.2, 0.25) is 0 Å². The van der Waals surface area contributed by atoms with Crippen LogP contribution in [0.5, 0.6) is 0 Å². The van der Waals surface area contributed by atoms with Crippen molar-refractivity contribution in [2.24, 2.45) is 0 Å². The standard InChI is InChI=1S/C19H17FN2O3S/c20-17-7-2-1-6-16(17)18-8-9-22(10-11-26(18,24)25)19(23)15-5-3-4-14(12-15)13-21/h1-7,12,18H,8-11H2/t18-/m1/s1. The van der Waals surface area contributed by atoms with E-state index in [9.17, 15) is 17.6 Å². The van der Waals surface area contributed by atoms with E-state index in [0.717, 1.165) is 0 Å². The Labute approximate surface area is 151 Å². The first-order valence-electron chi connectivity index (χ1n) is 8.18. The molecule has 3 rings (SSSR count). The first kappa shape index (κ1) is 18.1. The molecule has 26 heavy (non-hydrogen) atoms. The highest BCUT2D eigenvalue weighted by Crippen LogP contribution is 2.31. The fraction of sp³-hybridized carbons (Fsp3) is 0.263. The minimum Gasteiger partial charge on any atom is -0.338 e. The third-order valence-corrected chi connectivity index (χ3v) is 6.63. The zero-order valence-corrected chi connectivity index (χ0v) is 14.7. The van der Waals surface area contributed by atoms with Gasteiger partial charge in [0.1, 0.15) is 5.82 Å². The molecule has 1 atom stereocenters. The van der Waals surface area contributed by atoms with Gasteiger partial charge >= 0.3 is 0 Å². The first-order valence-corrected chi connectivity index (χ1v) is 9.89. The van der Waals surface area contributed by atoms with Crippen LogP contribution in [0.3, 0.4) is 0 Å². The van der Waals surface area contributed by atoms with Gasteiger partial charge in [-0.3, -0.25) is 4.79 Å². The van der Waals surface area contributed by atoms with E-state index in [2.05, 4.69) is 0 Å². The monoisotopic (exact) mass is 372 g/mol. The Morgan fingerprint density at radius 1 is 1.15 bits per heavy atom. The lowest BCUT2D eigenvalue weighted by Gasteiger charge is -2.20. The molecule has 2 aromatic carbocycles. The van der Waals surface area contributed by atoms with E-state index in [-0.39, 0.29) is 36.7 Å². The van der Waals surface area contributed by atoms with E-state index in [1.54, 1.807) is 24.3 Å². The Morgan fingerprint density at radius 3 is 2.65 bits per heavy atom. The fourth-order valence-corrected chi connectivity index (χ4v) is 4.94. The number of carbonyl (C=O) groups is 1. The van der Waals surface area contributed by atoms with Crippen molar-refractivity contribution in [2.75, 3.05) is 18.8 Å². The summed E-state index contributed by atoms with van der Waals surface area (Å²) in [5.41, 5.74) is 0.849. The highest BCUT2D eigenvalue weighted by atomic mass is 32.2. The van der Waals surface area contributed by atoms with Crippen LogP contribution in [0.2, 0.25) is 0 Å². The number of nitriles is 1. The van der Waals surface area contributed by atoms with Crippen LogP contribution in [0.15, 0.2) is 48.5 Å². The molecule has 0 aliphatic carbocycles. The van der Waals surface area contributed by atoms with Crippen LogP contribution in [-0.2, 0) is 9.84 Å². The number of hydrogen-bond acceptors (Lipinski definition) is 4. The summed E-state index contributed by atoms with van der Waals surface area (Å²) >= 11 is 0. The van der Waals surface area contributed by atoms with Crippen molar-refractivity contribution in [1.82, 2.24) is 4.90 Å². The van der Waals surface area contributed by atoms with Crippen molar-refractivity contribution < 1.29 is 17.6 Å². The molecule has 0 aromatic heterocycles. The van der Waals surface area contributed by atoms with Crippen molar-refractivity contribution in [3.8, 4) is 6.07 Å². The number of nitrogens with zero attached hydrogens (tertiary/aromatic N) is 2. The zero-order valence-electron chi connectivity index (χ0n) is 13.9.